The number of benzene rings is 1. The molecule has 1 saturated heterocycles. The number of hydrogen-bond donors (Lipinski definition) is 2. The number of aliphatic carboxylic acids is 1. The molecule has 1 heterocycles. The molecule has 0 aromatic heterocycles. The summed E-state index contributed by atoms with van der Waals surface area (Å²) >= 11 is 0. The fourth-order valence-corrected chi connectivity index (χ4v) is 2.40. The number of carbonyl (C=O) groups is 1. The molecule has 0 unspecified atom stereocenters. The van der Waals surface area contributed by atoms with Crippen LogP contribution in [-0.4, -0.2) is 30.1 Å². The van der Waals surface area contributed by atoms with Crippen LogP contribution >= 0.6 is 0 Å². The van der Waals surface area contributed by atoms with E-state index in [2.05, 4.69) is 0 Å². The van der Waals surface area contributed by atoms with Gasteiger partial charge in [0.25, 0.3) is 5.79 Å². The van der Waals surface area contributed by atoms with E-state index in [9.17, 15) is 4.79 Å². The smallest absolute Gasteiger partial charge is 0.364 e. The third-order valence-electron chi connectivity index (χ3n) is 3.89. The highest BCUT2D eigenvalue weighted by Gasteiger charge is 2.40. The van der Waals surface area contributed by atoms with E-state index < -0.39 is 11.8 Å². The van der Waals surface area contributed by atoms with Crippen molar-refractivity contribution < 1.29 is 24.2 Å². The lowest BCUT2D eigenvalue weighted by Gasteiger charge is -2.34. The fourth-order valence-electron chi connectivity index (χ4n) is 2.40. The van der Waals surface area contributed by atoms with Gasteiger partial charge >= 0.3 is 5.97 Å². The highest BCUT2D eigenvalue weighted by molar-refractivity contribution is 5.75. The molecule has 1 aliphatic rings. The van der Waals surface area contributed by atoms with E-state index in [1.807, 2.05) is 36.4 Å². The predicted molar refractivity (Wildman–Crippen MR) is 85.0 cm³/mol. The van der Waals surface area contributed by atoms with Crippen molar-refractivity contribution in [2.24, 2.45) is 11.8 Å². The summed E-state index contributed by atoms with van der Waals surface area (Å²) in [7, 11) is 0. The van der Waals surface area contributed by atoms with Crippen LogP contribution in [0.25, 0.3) is 6.08 Å². The van der Waals surface area contributed by atoms with Crippen molar-refractivity contribution in [3.05, 3.63) is 41.7 Å². The van der Waals surface area contributed by atoms with E-state index in [0.717, 1.165) is 18.4 Å². The van der Waals surface area contributed by atoms with Crippen molar-refractivity contribution in [1.29, 1.82) is 0 Å². The first-order valence-corrected chi connectivity index (χ1v) is 7.67. The average Bonchev–Trinajstić information content (AvgIpc) is 2.56. The standard InChI is InChI=1S/C17H23NO5/c1-17(16(19)20)21-11-14(12-22-17)8-5-9-15(23-18)10-13-6-3-2-4-7-13/h2-4,6-7,10,14H,5,8-9,11-12,18H2,1H3,(H,19,20). The summed E-state index contributed by atoms with van der Waals surface area (Å²) in [5.74, 6) is 3.60. The van der Waals surface area contributed by atoms with Crippen LogP contribution in [0.2, 0.25) is 0 Å². The summed E-state index contributed by atoms with van der Waals surface area (Å²) in [4.78, 5) is 15.9. The van der Waals surface area contributed by atoms with E-state index in [0.29, 0.717) is 25.4 Å². The molecule has 0 amide bonds. The number of nitrogens with two attached hydrogens (primary N) is 1. The second-order valence-electron chi connectivity index (χ2n) is 5.77. The van der Waals surface area contributed by atoms with Crippen molar-refractivity contribution in [1.82, 2.24) is 0 Å². The Balaban J connectivity index is 1.76. The maximum Gasteiger partial charge on any atom is 0.364 e. The zero-order valence-electron chi connectivity index (χ0n) is 13.2. The predicted octanol–water partition coefficient (Wildman–Crippen LogP) is 2.55. The number of carboxylic acid groups (broad SMARTS) is 1. The van der Waals surface area contributed by atoms with Crippen LogP contribution in [0.5, 0.6) is 0 Å². The Bertz CT molecular complexity index is 535. The molecule has 1 aliphatic heterocycles. The first-order valence-electron chi connectivity index (χ1n) is 7.67. The molecule has 6 heteroatoms. The van der Waals surface area contributed by atoms with E-state index in [4.69, 9.17) is 25.3 Å². The minimum atomic E-state index is -1.52. The zero-order chi connectivity index (χ0) is 16.7. The quantitative estimate of drug-likeness (QED) is 0.592. The van der Waals surface area contributed by atoms with Crippen molar-refractivity contribution in [3.63, 3.8) is 0 Å². The monoisotopic (exact) mass is 321 g/mol. The van der Waals surface area contributed by atoms with E-state index >= 15 is 0 Å². The molecule has 0 spiro atoms. The number of allylic oxidation sites excluding steroid dienone is 1. The molecule has 1 aromatic rings. The van der Waals surface area contributed by atoms with Crippen molar-refractivity contribution in [2.45, 2.75) is 32.0 Å². The Hall–Kier alpha value is -1.89. The summed E-state index contributed by atoms with van der Waals surface area (Å²) in [5, 5.41) is 9.02. The third-order valence-corrected chi connectivity index (χ3v) is 3.89. The number of rotatable bonds is 7. The van der Waals surface area contributed by atoms with Crippen LogP contribution in [-0.2, 0) is 19.1 Å². The zero-order valence-corrected chi connectivity index (χ0v) is 13.2. The first kappa shape index (κ1) is 17.5. The van der Waals surface area contributed by atoms with Gasteiger partial charge in [-0.3, -0.25) is 0 Å². The second-order valence-corrected chi connectivity index (χ2v) is 5.77. The lowest BCUT2D eigenvalue weighted by Crippen LogP contribution is -2.47. The van der Waals surface area contributed by atoms with Crippen molar-refractivity contribution >= 4 is 12.0 Å². The highest BCUT2D eigenvalue weighted by Crippen LogP contribution is 2.25. The maximum absolute atomic E-state index is 11.0. The van der Waals surface area contributed by atoms with Crippen molar-refractivity contribution in [2.75, 3.05) is 13.2 Å². The summed E-state index contributed by atoms with van der Waals surface area (Å²) < 4.78 is 10.7. The molecule has 23 heavy (non-hydrogen) atoms. The molecule has 126 valence electrons. The SMILES string of the molecule is CC1(C(=O)O)OCC(CCCC(=Cc2ccccc2)ON)CO1. The van der Waals surface area contributed by atoms with Gasteiger partial charge in [-0.15, -0.1) is 0 Å². The normalized spacial score (nSPS) is 25.1. The van der Waals surface area contributed by atoms with Gasteiger partial charge in [0.1, 0.15) is 5.76 Å². The van der Waals surface area contributed by atoms with Gasteiger partial charge in [0.15, 0.2) is 0 Å². The number of carboxylic acids is 1. The largest absolute Gasteiger partial charge is 0.477 e. The van der Waals surface area contributed by atoms with Crippen LogP contribution in [0.1, 0.15) is 31.7 Å². The lowest BCUT2D eigenvalue weighted by molar-refractivity contribution is -0.271. The Morgan fingerprint density at radius 1 is 1.39 bits per heavy atom. The lowest BCUT2D eigenvalue weighted by atomic mass is 10.0. The molecule has 3 N–H and O–H groups in total. The Morgan fingerprint density at radius 2 is 2.04 bits per heavy atom. The minimum Gasteiger partial charge on any atom is -0.477 e. The number of ether oxygens (including phenoxy) is 2. The molecule has 6 nitrogen and oxygen atoms in total. The van der Waals surface area contributed by atoms with Gasteiger partial charge in [-0.1, -0.05) is 30.3 Å². The number of hydrogen-bond acceptors (Lipinski definition) is 5. The van der Waals surface area contributed by atoms with E-state index in [1.54, 1.807) is 0 Å². The Morgan fingerprint density at radius 3 is 2.61 bits per heavy atom. The molecule has 1 fully saturated rings. The molecule has 0 radical (unpaired) electrons. The maximum atomic E-state index is 11.0. The summed E-state index contributed by atoms with van der Waals surface area (Å²) in [6.07, 6.45) is 4.33. The van der Waals surface area contributed by atoms with E-state index in [1.165, 1.54) is 6.92 Å². The third kappa shape index (κ3) is 5.06. The van der Waals surface area contributed by atoms with Gasteiger partial charge < -0.3 is 19.4 Å². The van der Waals surface area contributed by atoms with Crippen LogP contribution in [0.4, 0.5) is 0 Å². The highest BCUT2D eigenvalue weighted by atomic mass is 16.7. The second kappa shape index (κ2) is 8.10. The fraction of sp³-hybridized carbons (Fsp3) is 0.471. The minimum absolute atomic E-state index is 0.179. The summed E-state index contributed by atoms with van der Waals surface area (Å²) in [6, 6.07) is 9.82. The van der Waals surface area contributed by atoms with Crippen LogP contribution in [0.3, 0.4) is 0 Å². The van der Waals surface area contributed by atoms with Gasteiger partial charge in [0.2, 0.25) is 0 Å². The molecule has 2 rings (SSSR count). The Labute approximate surface area is 135 Å². The van der Waals surface area contributed by atoms with Gasteiger partial charge in [-0.25, -0.2) is 4.79 Å². The molecule has 0 aliphatic carbocycles. The van der Waals surface area contributed by atoms with Gasteiger partial charge in [-0.2, -0.15) is 5.90 Å². The molecule has 0 saturated carbocycles. The van der Waals surface area contributed by atoms with Gasteiger partial charge in [0.05, 0.1) is 13.2 Å². The molecular formula is C17H23NO5. The molecule has 0 bridgehead atoms. The van der Waals surface area contributed by atoms with Crippen molar-refractivity contribution in [3.8, 4) is 0 Å². The van der Waals surface area contributed by atoms with Crippen LogP contribution < -0.4 is 5.90 Å². The average molecular weight is 321 g/mol. The summed E-state index contributed by atoms with van der Waals surface area (Å²) in [6.45, 7) is 2.18. The molecule has 1 aromatic carbocycles. The van der Waals surface area contributed by atoms with E-state index in [-0.39, 0.29) is 5.92 Å². The van der Waals surface area contributed by atoms with Crippen LogP contribution in [0.15, 0.2) is 36.1 Å². The summed E-state index contributed by atoms with van der Waals surface area (Å²) in [5.41, 5.74) is 1.04. The topological polar surface area (TPSA) is 91.0 Å². The first-order chi connectivity index (χ1) is 11.0. The van der Waals surface area contributed by atoms with Crippen LogP contribution in [0, 0.1) is 5.92 Å². The molecular weight excluding hydrogens is 298 g/mol. The van der Waals surface area contributed by atoms with Gasteiger partial charge in [0, 0.05) is 19.3 Å². The molecule has 0 atom stereocenters. The van der Waals surface area contributed by atoms with Gasteiger partial charge in [-0.05, 0) is 24.5 Å². The Kier molecular flexibility index (Phi) is 6.15.